The molecule has 1 rings (SSSR count). The molecule has 1 aromatic rings. The predicted octanol–water partition coefficient (Wildman–Crippen LogP) is -1.25. The van der Waals surface area contributed by atoms with Crippen LogP contribution >= 0.6 is 0 Å². The lowest BCUT2D eigenvalue weighted by Gasteiger charge is -2.28. The largest absolute Gasteiger partial charge is 0.581 e. The second-order valence-electron chi connectivity index (χ2n) is 5.12. The first kappa shape index (κ1) is 18.6. The van der Waals surface area contributed by atoms with E-state index >= 15 is 0 Å². The van der Waals surface area contributed by atoms with E-state index in [0.717, 1.165) is 5.56 Å². The van der Waals surface area contributed by atoms with Crippen molar-refractivity contribution in [2.75, 3.05) is 13.6 Å². The maximum Gasteiger partial charge on any atom is 0.343 e. The Balaban J connectivity index is 2.71. The SMILES string of the molecule is C[C@H](c1ccccc1)N(C)C(=O)[C@H](O)[C@@H](O)C(=O)NCC(=N)[OH2+]. The van der Waals surface area contributed by atoms with Gasteiger partial charge in [0.25, 0.3) is 11.8 Å². The normalized spacial score (nSPS) is 14.4. The van der Waals surface area contributed by atoms with Crippen LogP contribution in [0.3, 0.4) is 0 Å². The molecule has 0 radical (unpaired) electrons. The summed E-state index contributed by atoms with van der Waals surface area (Å²) in [7, 11) is 1.47. The van der Waals surface area contributed by atoms with Crippen molar-refractivity contribution in [1.82, 2.24) is 10.2 Å². The first-order valence-corrected chi connectivity index (χ1v) is 7.00. The number of hydrogen-bond acceptors (Lipinski definition) is 5. The van der Waals surface area contributed by atoms with Gasteiger partial charge < -0.3 is 25.5 Å². The number of nitrogens with one attached hydrogen (secondary N) is 2. The minimum atomic E-state index is -1.97. The number of nitrogens with zero attached hydrogens (tertiary/aromatic N) is 1. The van der Waals surface area contributed by atoms with Crippen molar-refractivity contribution in [2.24, 2.45) is 0 Å². The van der Waals surface area contributed by atoms with E-state index < -0.39 is 29.9 Å². The zero-order chi connectivity index (χ0) is 17.6. The lowest BCUT2D eigenvalue weighted by molar-refractivity contribution is -0.153. The van der Waals surface area contributed by atoms with Gasteiger partial charge in [-0.25, -0.2) is 5.41 Å². The molecule has 0 aromatic heterocycles. The van der Waals surface area contributed by atoms with Crippen LogP contribution in [0.2, 0.25) is 0 Å². The zero-order valence-corrected chi connectivity index (χ0v) is 13.0. The maximum absolute atomic E-state index is 12.2. The first-order valence-electron chi connectivity index (χ1n) is 7.00. The summed E-state index contributed by atoms with van der Waals surface area (Å²) in [5.74, 6) is -2.37. The summed E-state index contributed by atoms with van der Waals surface area (Å²) in [6, 6.07) is 8.77. The fourth-order valence-electron chi connectivity index (χ4n) is 1.91. The molecule has 0 aliphatic heterocycles. The van der Waals surface area contributed by atoms with Gasteiger partial charge in [0, 0.05) is 7.05 Å². The van der Waals surface area contributed by atoms with Gasteiger partial charge in [-0.15, -0.1) is 0 Å². The monoisotopic (exact) mass is 324 g/mol. The van der Waals surface area contributed by atoms with Crippen LogP contribution in [0.25, 0.3) is 0 Å². The quantitative estimate of drug-likeness (QED) is 0.283. The van der Waals surface area contributed by atoms with E-state index in [0.29, 0.717) is 0 Å². The number of carbonyl (C=O) groups is 2. The van der Waals surface area contributed by atoms with Crippen molar-refractivity contribution in [1.29, 1.82) is 5.41 Å². The minimum Gasteiger partial charge on any atom is -0.581 e. The summed E-state index contributed by atoms with van der Waals surface area (Å²) in [5.41, 5.74) is 0.845. The van der Waals surface area contributed by atoms with Crippen LogP contribution in [0, 0.1) is 5.41 Å². The molecule has 2 amide bonds. The summed E-state index contributed by atoms with van der Waals surface area (Å²) in [6.45, 7) is 1.38. The molecule has 6 N–H and O–H groups in total. The number of rotatable bonds is 7. The number of carbonyl (C=O) groups excluding carboxylic acids is 2. The van der Waals surface area contributed by atoms with Crippen molar-refractivity contribution < 1.29 is 24.9 Å². The highest BCUT2D eigenvalue weighted by atomic mass is 16.3. The fraction of sp³-hybridized carbons (Fsp3) is 0.400. The van der Waals surface area contributed by atoms with E-state index in [9.17, 15) is 19.8 Å². The highest BCUT2D eigenvalue weighted by molar-refractivity contribution is 5.92. The molecule has 0 saturated carbocycles. The van der Waals surface area contributed by atoms with E-state index in [4.69, 9.17) is 10.5 Å². The summed E-state index contributed by atoms with van der Waals surface area (Å²) in [6.07, 6.45) is -3.89. The van der Waals surface area contributed by atoms with Crippen LogP contribution in [0.15, 0.2) is 30.3 Å². The van der Waals surface area contributed by atoms with Crippen LogP contribution in [0.5, 0.6) is 0 Å². The van der Waals surface area contributed by atoms with Crippen LogP contribution in [-0.4, -0.2) is 63.7 Å². The molecule has 0 aliphatic carbocycles. The van der Waals surface area contributed by atoms with Crippen molar-refractivity contribution >= 4 is 17.7 Å². The molecule has 8 heteroatoms. The Morgan fingerprint density at radius 3 is 2.35 bits per heavy atom. The molecule has 0 heterocycles. The third-order valence-corrected chi connectivity index (χ3v) is 3.47. The Morgan fingerprint density at radius 2 is 1.83 bits per heavy atom. The lowest BCUT2D eigenvalue weighted by Crippen LogP contribution is -2.50. The van der Waals surface area contributed by atoms with E-state index in [1.54, 1.807) is 6.92 Å². The number of likely N-dealkylation sites (N-methyl/N-ethyl adjacent to an activating group) is 1. The van der Waals surface area contributed by atoms with Crippen LogP contribution in [0.4, 0.5) is 0 Å². The average molecular weight is 324 g/mol. The number of hydrogen-bond donors (Lipinski definition) is 4. The number of amides is 2. The highest BCUT2D eigenvalue weighted by Crippen LogP contribution is 2.19. The van der Waals surface area contributed by atoms with E-state index in [2.05, 4.69) is 5.32 Å². The van der Waals surface area contributed by atoms with Crippen LogP contribution in [-0.2, 0) is 9.59 Å². The van der Waals surface area contributed by atoms with E-state index in [-0.39, 0.29) is 12.6 Å². The molecule has 0 aliphatic rings. The first-order chi connectivity index (χ1) is 10.8. The molecular weight excluding hydrogens is 302 g/mol. The average Bonchev–Trinajstić information content (AvgIpc) is 2.56. The zero-order valence-electron chi connectivity index (χ0n) is 13.0. The molecule has 0 saturated heterocycles. The summed E-state index contributed by atoms with van der Waals surface area (Å²) in [4.78, 5) is 25.0. The molecule has 126 valence electrons. The van der Waals surface area contributed by atoms with Gasteiger partial charge in [-0.1, -0.05) is 30.3 Å². The van der Waals surface area contributed by atoms with Gasteiger partial charge in [0.05, 0.1) is 6.04 Å². The highest BCUT2D eigenvalue weighted by Gasteiger charge is 2.34. The predicted molar refractivity (Wildman–Crippen MR) is 84.0 cm³/mol. The van der Waals surface area contributed by atoms with Gasteiger partial charge in [-0.3, -0.25) is 9.59 Å². The maximum atomic E-state index is 12.2. The van der Waals surface area contributed by atoms with Gasteiger partial charge in [-0.2, -0.15) is 0 Å². The van der Waals surface area contributed by atoms with E-state index in [1.807, 2.05) is 30.3 Å². The van der Waals surface area contributed by atoms with Crippen molar-refractivity contribution in [3.05, 3.63) is 35.9 Å². The topological polar surface area (TPSA) is 137 Å². The minimum absolute atomic E-state index is 0.352. The second-order valence-corrected chi connectivity index (χ2v) is 5.12. The summed E-state index contributed by atoms with van der Waals surface area (Å²) < 4.78 is 0. The number of aliphatic hydroxyl groups excluding tert-OH is 2. The van der Waals surface area contributed by atoms with Crippen molar-refractivity contribution in [3.63, 3.8) is 0 Å². The van der Waals surface area contributed by atoms with Crippen LogP contribution in [0.1, 0.15) is 18.5 Å². The third-order valence-electron chi connectivity index (χ3n) is 3.47. The Kier molecular flexibility index (Phi) is 6.67. The van der Waals surface area contributed by atoms with Gasteiger partial charge in [0.2, 0.25) is 0 Å². The molecular formula is C15H22N3O5+. The summed E-state index contributed by atoms with van der Waals surface area (Å²) >= 11 is 0. The third kappa shape index (κ3) is 5.04. The molecule has 8 nitrogen and oxygen atoms in total. The standard InChI is InChI=1S/C15H21N3O5/c1-9(10-6-4-3-5-7-10)18(2)15(23)13(21)12(20)14(22)17-8-11(16)19/h3-7,9,12-13,20-21H,8H2,1-2H3,(H2,16,19)(H,17,22)/p+1/t9-,12-,13-/m1/s1. The van der Waals surface area contributed by atoms with Crippen molar-refractivity contribution in [3.8, 4) is 0 Å². The number of aliphatic hydroxyl groups is 2. The van der Waals surface area contributed by atoms with Crippen LogP contribution < -0.4 is 5.32 Å². The van der Waals surface area contributed by atoms with Gasteiger partial charge in [0.1, 0.15) is 6.54 Å². The van der Waals surface area contributed by atoms with Gasteiger partial charge >= 0.3 is 5.90 Å². The molecule has 23 heavy (non-hydrogen) atoms. The number of benzene rings is 1. The molecule has 1 aromatic carbocycles. The molecule has 0 spiro atoms. The Labute approximate surface area is 133 Å². The van der Waals surface area contributed by atoms with E-state index in [1.165, 1.54) is 11.9 Å². The van der Waals surface area contributed by atoms with Gasteiger partial charge in [0.15, 0.2) is 12.2 Å². The Morgan fingerprint density at radius 1 is 1.26 bits per heavy atom. The molecule has 0 unspecified atom stereocenters. The van der Waals surface area contributed by atoms with Gasteiger partial charge in [-0.05, 0) is 12.5 Å². The summed E-state index contributed by atoms with van der Waals surface area (Å²) in [5, 5.41) is 35.4. The lowest BCUT2D eigenvalue weighted by atomic mass is 10.1. The Hall–Kier alpha value is -2.45. The van der Waals surface area contributed by atoms with Crippen molar-refractivity contribution in [2.45, 2.75) is 25.2 Å². The molecule has 0 bridgehead atoms. The Bertz CT molecular complexity index is 563. The molecule has 0 fully saturated rings. The fourth-order valence-corrected chi connectivity index (χ4v) is 1.91. The molecule has 3 atom stereocenters. The smallest absolute Gasteiger partial charge is 0.343 e. The second kappa shape index (κ2) is 8.25.